The minimum Gasteiger partial charge on any atom is -0.507 e. The van der Waals surface area contributed by atoms with Crippen molar-refractivity contribution < 1.29 is 29.2 Å². The number of hydrogen-bond donors (Lipinski definition) is 1. The van der Waals surface area contributed by atoms with E-state index < -0.39 is 34.4 Å². The van der Waals surface area contributed by atoms with Crippen LogP contribution in [0.4, 0.5) is 5.69 Å². The summed E-state index contributed by atoms with van der Waals surface area (Å²) in [6, 6.07) is 13.9. The zero-order chi connectivity index (χ0) is 25.8. The van der Waals surface area contributed by atoms with Gasteiger partial charge in [-0.25, -0.2) is 4.79 Å². The van der Waals surface area contributed by atoms with Crippen LogP contribution in [0.3, 0.4) is 0 Å². The number of benzene rings is 2. The Labute approximate surface area is 205 Å². The molecule has 2 aromatic carbocycles. The van der Waals surface area contributed by atoms with Gasteiger partial charge in [-0.3, -0.25) is 24.7 Å². The second-order valence-electron chi connectivity index (χ2n) is 7.94. The van der Waals surface area contributed by atoms with Gasteiger partial charge in [-0.15, -0.1) is 0 Å². The summed E-state index contributed by atoms with van der Waals surface area (Å²) in [5.74, 6) is -2.76. The van der Waals surface area contributed by atoms with Gasteiger partial charge in [-0.2, -0.15) is 0 Å². The normalized spacial score (nSPS) is 16.7. The smallest absolute Gasteiger partial charge is 0.338 e. The van der Waals surface area contributed by atoms with Crippen molar-refractivity contribution in [3.05, 3.63) is 111 Å². The molecule has 1 aliphatic rings. The number of aliphatic hydroxyl groups is 1. The fourth-order valence-corrected chi connectivity index (χ4v) is 4.01. The summed E-state index contributed by atoms with van der Waals surface area (Å²) in [4.78, 5) is 54.1. The number of esters is 1. The first kappa shape index (κ1) is 24.3. The predicted octanol–water partition coefficient (Wildman–Crippen LogP) is 3.79. The van der Waals surface area contributed by atoms with Crippen molar-refractivity contribution in [2.24, 2.45) is 0 Å². The van der Waals surface area contributed by atoms with E-state index >= 15 is 0 Å². The maximum Gasteiger partial charge on any atom is 0.338 e. The Balaban J connectivity index is 1.76. The van der Waals surface area contributed by atoms with E-state index in [2.05, 4.69) is 4.98 Å². The van der Waals surface area contributed by atoms with E-state index in [0.29, 0.717) is 16.7 Å². The SMILES string of the molecule is CCOC(=O)c1ccc(CN2C(=O)C(=O)/C(=C(\O)c3cccc([N+](=O)[O-])c3)C2c2cccnc2)cc1. The van der Waals surface area contributed by atoms with E-state index in [4.69, 9.17) is 4.74 Å². The maximum absolute atomic E-state index is 13.1. The highest BCUT2D eigenvalue weighted by Gasteiger charge is 2.46. The second kappa shape index (κ2) is 10.2. The number of pyridine rings is 1. The van der Waals surface area contributed by atoms with Crippen LogP contribution in [-0.2, 0) is 20.9 Å². The summed E-state index contributed by atoms with van der Waals surface area (Å²) in [7, 11) is 0. The van der Waals surface area contributed by atoms with Crippen molar-refractivity contribution in [3.8, 4) is 0 Å². The molecule has 1 saturated heterocycles. The molecule has 36 heavy (non-hydrogen) atoms. The van der Waals surface area contributed by atoms with E-state index in [0.717, 1.165) is 6.07 Å². The Hall–Kier alpha value is -4.86. The minimum atomic E-state index is -0.984. The molecule has 1 amide bonds. The molecule has 1 N–H and O–H groups in total. The van der Waals surface area contributed by atoms with Crippen molar-refractivity contribution >= 4 is 29.1 Å². The third-order valence-electron chi connectivity index (χ3n) is 5.69. The van der Waals surface area contributed by atoms with Gasteiger partial charge in [-0.05, 0) is 36.2 Å². The molecule has 4 rings (SSSR count). The number of non-ortho nitro benzene ring substituents is 1. The van der Waals surface area contributed by atoms with Crippen molar-refractivity contribution in [2.75, 3.05) is 6.61 Å². The average molecular weight is 487 g/mol. The van der Waals surface area contributed by atoms with Crippen molar-refractivity contribution in [1.29, 1.82) is 0 Å². The largest absolute Gasteiger partial charge is 0.507 e. The average Bonchev–Trinajstić information content (AvgIpc) is 3.14. The summed E-state index contributed by atoms with van der Waals surface area (Å²) in [5.41, 5.74) is 1.03. The molecule has 1 unspecified atom stereocenters. The van der Waals surface area contributed by atoms with Gasteiger partial charge in [0.1, 0.15) is 5.76 Å². The fraction of sp³-hybridized carbons (Fsp3) is 0.154. The molecule has 0 bridgehead atoms. The quantitative estimate of drug-likeness (QED) is 0.133. The highest BCUT2D eigenvalue weighted by Crippen LogP contribution is 2.40. The molecule has 0 aliphatic carbocycles. The van der Waals surface area contributed by atoms with E-state index in [1.807, 2.05) is 0 Å². The summed E-state index contributed by atoms with van der Waals surface area (Å²) < 4.78 is 4.98. The lowest BCUT2D eigenvalue weighted by molar-refractivity contribution is -0.384. The Morgan fingerprint density at radius 3 is 2.50 bits per heavy atom. The predicted molar refractivity (Wildman–Crippen MR) is 128 cm³/mol. The molecule has 0 spiro atoms. The molecule has 3 aromatic rings. The van der Waals surface area contributed by atoms with Gasteiger partial charge >= 0.3 is 5.97 Å². The van der Waals surface area contributed by atoms with Crippen LogP contribution in [0, 0.1) is 10.1 Å². The van der Waals surface area contributed by atoms with Gasteiger partial charge in [-0.1, -0.05) is 30.3 Å². The lowest BCUT2D eigenvalue weighted by atomic mass is 9.96. The number of likely N-dealkylation sites (tertiary alicyclic amines) is 1. The lowest BCUT2D eigenvalue weighted by Crippen LogP contribution is -2.29. The third-order valence-corrected chi connectivity index (χ3v) is 5.69. The number of Topliss-reactive ketones (excluding diaryl/α,β-unsaturated/α-hetero) is 1. The number of rotatable bonds is 7. The van der Waals surface area contributed by atoms with Gasteiger partial charge in [0.05, 0.1) is 28.7 Å². The van der Waals surface area contributed by atoms with Crippen LogP contribution in [0.5, 0.6) is 0 Å². The molecule has 1 aliphatic heterocycles. The summed E-state index contributed by atoms with van der Waals surface area (Å²) in [5, 5.41) is 22.3. The molecule has 1 atom stereocenters. The Morgan fingerprint density at radius 1 is 1.11 bits per heavy atom. The van der Waals surface area contributed by atoms with Crippen molar-refractivity contribution in [1.82, 2.24) is 9.88 Å². The molecule has 10 heteroatoms. The van der Waals surface area contributed by atoms with Crippen LogP contribution >= 0.6 is 0 Å². The number of aliphatic hydroxyl groups excluding tert-OH is 1. The molecular formula is C26H21N3O7. The first-order valence-electron chi connectivity index (χ1n) is 11.0. The summed E-state index contributed by atoms with van der Waals surface area (Å²) in [6.07, 6.45) is 3.01. The zero-order valence-corrected chi connectivity index (χ0v) is 19.2. The standard InChI is InChI=1S/C26H21N3O7/c1-2-36-26(33)17-10-8-16(9-11-17)15-28-22(19-6-4-12-27-14-19)21(24(31)25(28)32)23(30)18-5-3-7-20(13-18)29(34)35/h3-14,22,30H,2,15H2,1H3/b23-21-. The molecule has 182 valence electrons. The van der Waals surface area contributed by atoms with Gasteiger partial charge in [0.25, 0.3) is 17.4 Å². The van der Waals surface area contributed by atoms with Crippen LogP contribution in [0.2, 0.25) is 0 Å². The number of nitro groups is 1. The topological polar surface area (TPSA) is 140 Å². The number of nitro benzene ring substituents is 1. The molecule has 10 nitrogen and oxygen atoms in total. The Bertz CT molecular complexity index is 1370. The monoisotopic (exact) mass is 487 g/mol. The highest BCUT2D eigenvalue weighted by atomic mass is 16.6. The van der Waals surface area contributed by atoms with Crippen molar-refractivity contribution in [2.45, 2.75) is 19.5 Å². The van der Waals surface area contributed by atoms with E-state index in [-0.39, 0.29) is 30.0 Å². The first-order valence-corrected chi connectivity index (χ1v) is 11.0. The molecule has 0 saturated carbocycles. The van der Waals surface area contributed by atoms with Crippen LogP contribution in [-0.4, -0.2) is 44.2 Å². The molecule has 2 heterocycles. The molecular weight excluding hydrogens is 466 g/mol. The van der Waals surface area contributed by atoms with Gasteiger partial charge in [0.15, 0.2) is 0 Å². The Morgan fingerprint density at radius 2 is 1.86 bits per heavy atom. The van der Waals surface area contributed by atoms with Crippen LogP contribution in [0.15, 0.2) is 78.6 Å². The highest BCUT2D eigenvalue weighted by molar-refractivity contribution is 6.46. The van der Waals surface area contributed by atoms with Gasteiger partial charge in [0, 0.05) is 36.6 Å². The number of carbonyl (C=O) groups is 3. The van der Waals surface area contributed by atoms with Crippen LogP contribution < -0.4 is 0 Å². The van der Waals surface area contributed by atoms with Crippen LogP contribution in [0.1, 0.15) is 40.0 Å². The number of hydrogen-bond acceptors (Lipinski definition) is 8. The van der Waals surface area contributed by atoms with E-state index in [1.165, 1.54) is 35.5 Å². The number of ketones is 1. The van der Waals surface area contributed by atoms with Crippen LogP contribution in [0.25, 0.3) is 5.76 Å². The van der Waals surface area contributed by atoms with E-state index in [1.54, 1.807) is 43.3 Å². The summed E-state index contributed by atoms with van der Waals surface area (Å²) in [6.45, 7) is 1.94. The number of ether oxygens (including phenoxy) is 1. The van der Waals surface area contributed by atoms with E-state index in [9.17, 15) is 29.6 Å². The van der Waals surface area contributed by atoms with Crippen molar-refractivity contribution in [3.63, 3.8) is 0 Å². The zero-order valence-electron chi connectivity index (χ0n) is 19.2. The summed E-state index contributed by atoms with van der Waals surface area (Å²) >= 11 is 0. The first-order chi connectivity index (χ1) is 17.3. The third kappa shape index (κ3) is 4.69. The number of carbonyl (C=O) groups excluding carboxylic acids is 3. The second-order valence-corrected chi connectivity index (χ2v) is 7.94. The minimum absolute atomic E-state index is 0.00103. The maximum atomic E-state index is 13.1. The molecule has 1 aromatic heterocycles. The number of nitrogens with zero attached hydrogens (tertiary/aromatic N) is 3. The molecule has 0 radical (unpaired) electrons. The molecule has 1 fully saturated rings. The van der Waals surface area contributed by atoms with Gasteiger partial charge in [0.2, 0.25) is 0 Å². The Kier molecular flexibility index (Phi) is 6.86. The fourth-order valence-electron chi connectivity index (χ4n) is 4.01. The number of aromatic nitrogens is 1. The lowest BCUT2D eigenvalue weighted by Gasteiger charge is -2.25. The number of amides is 1. The van der Waals surface area contributed by atoms with Gasteiger partial charge < -0.3 is 14.7 Å².